The Labute approximate surface area is 314 Å². The summed E-state index contributed by atoms with van der Waals surface area (Å²) in [6.07, 6.45) is 8.68. The molecule has 1 saturated carbocycles. The fourth-order valence-corrected chi connectivity index (χ4v) is 9.64. The molecule has 8 rings (SSSR count). The van der Waals surface area contributed by atoms with Crippen LogP contribution in [-0.2, 0) is 15.9 Å². The topological polar surface area (TPSA) is 134 Å². The number of aliphatic hydroxyl groups is 2. The molecule has 4 aliphatic rings. The highest BCUT2D eigenvalue weighted by Crippen LogP contribution is 2.48. The molecule has 0 amide bonds. The molecule has 13 heteroatoms. The number of likely N-dealkylation sites (tertiary alicyclic amines) is 1. The molecule has 5 heterocycles. The number of anilines is 1. The Kier molecular flexibility index (Phi) is 10.4. The van der Waals surface area contributed by atoms with Gasteiger partial charge in [0, 0.05) is 49.5 Å². The van der Waals surface area contributed by atoms with Crippen molar-refractivity contribution in [1.29, 1.82) is 0 Å². The van der Waals surface area contributed by atoms with Crippen LogP contribution in [0.3, 0.4) is 0 Å². The second-order valence-electron chi connectivity index (χ2n) is 16.2. The van der Waals surface area contributed by atoms with Crippen molar-refractivity contribution < 1.29 is 38.3 Å². The number of piperidine rings is 1. The summed E-state index contributed by atoms with van der Waals surface area (Å²) in [6.45, 7) is 7.58. The average molecular weight is 748 g/mol. The number of pyridine rings is 1. The lowest BCUT2D eigenvalue weighted by Gasteiger charge is -2.47. The number of rotatable bonds is 9. The maximum atomic E-state index is 17.2. The molecule has 0 radical (unpaired) electrons. The van der Waals surface area contributed by atoms with E-state index in [2.05, 4.69) is 9.88 Å². The Morgan fingerprint density at radius 2 is 1.89 bits per heavy atom. The zero-order chi connectivity index (χ0) is 37.6. The van der Waals surface area contributed by atoms with Crippen molar-refractivity contribution in [2.24, 2.45) is 11.3 Å². The highest BCUT2D eigenvalue weighted by Gasteiger charge is 2.49. The van der Waals surface area contributed by atoms with E-state index < -0.39 is 23.3 Å². The third-order valence-corrected chi connectivity index (χ3v) is 12.2. The molecule has 2 aromatic heterocycles. The number of ether oxygens (including phenoxy) is 3. The van der Waals surface area contributed by atoms with Crippen LogP contribution in [0.1, 0.15) is 64.4 Å². The predicted octanol–water partition coefficient (Wildman–Crippen LogP) is 5.78. The zero-order valence-electron chi connectivity index (χ0n) is 31.2. The maximum absolute atomic E-state index is 17.2. The van der Waals surface area contributed by atoms with Crippen LogP contribution in [0.25, 0.3) is 32.9 Å². The molecule has 1 aliphatic carbocycles. The molecule has 4 unspecified atom stereocenters. The summed E-state index contributed by atoms with van der Waals surface area (Å²) in [7, 11) is 0. The first-order chi connectivity index (χ1) is 26.1. The van der Waals surface area contributed by atoms with Crippen molar-refractivity contribution in [1.82, 2.24) is 19.9 Å². The molecule has 2 aromatic carbocycles. The highest BCUT2D eigenvalue weighted by molar-refractivity contribution is 6.01. The van der Waals surface area contributed by atoms with Crippen molar-refractivity contribution in [2.45, 2.75) is 83.0 Å². The number of hydrogen-bond acceptors (Lipinski definition) is 11. The zero-order valence-corrected chi connectivity index (χ0v) is 31.2. The number of aromatic hydroxyl groups is 1. The largest absolute Gasteiger partial charge is 0.508 e. The van der Waals surface area contributed by atoms with Crippen molar-refractivity contribution in [2.75, 3.05) is 64.1 Å². The molecule has 0 bridgehead atoms. The minimum Gasteiger partial charge on any atom is -0.508 e. The number of aryl methyl sites for hydroxylation is 1. The van der Waals surface area contributed by atoms with Gasteiger partial charge in [0.1, 0.15) is 34.2 Å². The fraction of sp³-hybridized carbons (Fsp3) is 0.585. The van der Waals surface area contributed by atoms with Gasteiger partial charge in [-0.2, -0.15) is 9.97 Å². The van der Waals surface area contributed by atoms with Crippen LogP contribution in [0.2, 0.25) is 0 Å². The number of aromatic nitrogens is 3. The number of halogens is 2. The number of phenols is 1. The van der Waals surface area contributed by atoms with Gasteiger partial charge in [-0.1, -0.05) is 19.4 Å². The first kappa shape index (κ1) is 37.2. The van der Waals surface area contributed by atoms with E-state index in [1.807, 2.05) is 6.92 Å². The molecule has 4 atom stereocenters. The third kappa shape index (κ3) is 7.09. The van der Waals surface area contributed by atoms with Gasteiger partial charge in [-0.05, 0) is 98.9 Å². The van der Waals surface area contributed by atoms with Gasteiger partial charge in [0.15, 0.2) is 5.82 Å². The van der Waals surface area contributed by atoms with Gasteiger partial charge in [0.05, 0.1) is 37.9 Å². The standard InChI is InChI=1S/C41H51F2N5O6/c1-3-29-32(42)8-7-26-16-27(50)17-30(34(26)29)36-35(43)37-31(18-44-36)38(48-20-28(21-49)53-23-40(2,51)22-48)46-39(45-37)54-24-41-11-4-6-33(41)47(13-5-12-41)19-25-9-14-52-15-10-25/h7-8,16-18,25,28,33,49-51H,3-6,9-15,19-24H2,1-2H3. The molecule has 3 aliphatic heterocycles. The Bertz CT molecular complexity index is 2010. The molecule has 4 fully saturated rings. The summed E-state index contributed by atoms with van der Waals surface area (Å²) in [5, 5.41) is 33.4. The molecular weight excluding hydrogens is 696 g/mol. The Hall–Kier alpha value is -3.75. The summed E-state index contributed by atoms with van der Waals surface area (Å²) in [6, 6.07) is 6.22. The summed E-state index contributed by atoms with van der Waals surface area (Å²) >= 11 is 0. The Morgan fingerprint density at radius 1 is 1.07 bits per heavy atom. The first-order valence-corrected chi connectivity index (χ1v) is 19.5. The molecular formula is C41H51F2N5O6. The minimum absolute atomic E-state index is 0.00143. The lowest BCUT2D eigenvalue weighted by atomic mass is 9.75. The molecule has 3 N–H and O–H groups in total. The molecule has 4 aromatic rings. The normalized spacial score (nSPS) is 27.0. The van der Waals surface area contributed by atoms with Crippen LogP contribution < -0.4 is 9.64 Å². The first-order valence-electron chi connectivity index (χ1n) is 19.5. The number of aliphatic hydroxyl groups excluding tert-OH is 1. The van der Waals surface area contributed by atoms with Crippen LogP contribution >= 0.6 is 0 Å². The summed E-state index contributed by atoms with van der Waals surface area (Å²) in [4.78, 5) is 18.6. The van der Waals surface area contributed by atoms with Crippen LogP contribution in [0, 0.1) is 23.0 Å². The van der Waals surface area contributed by atoms with Gasteiger partial charge < -0.3 is 34.4 Å². The lowest BCUT2D eigenvalue weighted by molar-refractivity contribution is -0.0528. The second kappa shape index (κ2) is 15.1. The lowest BCUT2D eigenvalue weighted by Crippen LogP contribution is -2.53. The number of nitrogens with zero attached hydrogens (tertiary/aromatic N) is 5. The van der Waals surface area contributed by atoms with Crippen LogP contribution in [-0.4, -0.2) is 112 Å². The highest BCUT2D eigenvalue weighted by atomic mass is 19.1. The predicted molar refractivity (Wildman–Crippen MR) is 201 cm³/mol. The summed E-state index contributed by atoms with van der Waals surface area (Å²) in [5.41, 5.74) is -0.907. The quantitative estimate of drug-likeness (QED) is 0.193. The van der Waals surface area contributed by atoms with E-state index >= 15 is 8.78 Å². The van der Waals surface area contributed by atoms with Gasteiger partial charge in [0.2, 0.25) is 0 Å². The van der Waals surface area contributed by atoms with E-state index in [0.717, 1.165) is 71.2 Å². The van der Waals surface area contributed by atoms with Gasteiger partial charge >= 0.3 is 6.01 Å². The van der Waals surface area contributed by atoms with Crippen molar-refractivity contribution >= 4 is 27.5 Å². The number of β-amino-alcohol motifs (C(OH)–C–C–N with tert-alkyl or cyclic N) is 1. The molecule has 0 spiro atoms. The average Bonchev–Trinajstić information content (AvgIpc) is 3.53. The van der Waals surface area contributed by atoms with Crippen molar-refractivity contribution in [3.8, 4) is 23.0 Å². The molecule has 290 valence electrons. The van der Waals surface area contributed by atoms with E-state index in [1.54, 1.807) is 17.9 Å². The van der Waals surface area contributed by atoms with Gasteiger partial charge in [-0.15, -0.1) is 0 Å². The molecule has 3 saturated heterocycles. The van der Waals surface area contributed by atoms with Crippen LogP contribution in [0.5, 0.6) is 11.8 Å². The Morgan fingerprint density at radius 3 is 2.69 bits per heavy atom. The van der Waals surface area contributed by atoms with E-state index in [4.69, 9.17) is 24.2 Å². The van der Waals surface area contributed by atoms with Gasteiger partial charge in [-0.25, -0.2) is 8.78 Å². The summed E-state index contributed by atoms with van der Waals surface area (Å²) < 4.78 is 50.4. The monoisotopic (exact) mass is 747 g/mol. The smallest absolute Gasteiger partial charge is 0.319 e. The van der Waals surface area contributed by atoms with E-state index in [9.17, 15) is 15.3 Å². The number of phenolic OH excluding ortho intramolecular Hbond substituents is 1. The van der Waals surface area contributed by atoms with Gasteiger partial charge in [-0.3, -0.25) is 9.88 Å². The van der Waals surface area contributed by atoms with E-state index in [-0.39, 0.29) is 65.6 Å². The minimum atomic E-state index is -1.30. The molecule has 11 nitrogen and oxygen atoms in total. The van der Waals surface area contributed by atoms with Crippen molar-refractivity contribution in [3.05, 3.63) is 47.7 Å². The van der Waals surface area contributed by atoms with E-state index in [1.165, 1.54) is 24.4 Å². The van der Waals surface area contributed by atoms with Crippen LogP contribution in [0.15, 0.2) is 30.5 Å². The van der Waals surface area contributed by atoms with Crippen molar-refractivity contribution in [3.63, 3.8) is 0 Å². The number of fused-ring (bicyclic) bond motifs is 3. The summed E-state index contributed by atoms with van der Waals surface area (Å²) in [5.74, 6) is -0.382. The van der Waals surface area contributed by atoms with Crippen LogP contribution in [0.4, 0.5) is 14.6 Å². The Balaban J connectivity index is 1.21. The SMILES string of the molecule is CCc1c(F)ccc2cc(O)cc(-c3ncc4c(N5CC(CO)OCC(C)(O)C5)nc(OCC56CCCC5N(CC5CCOCC5)CCC6)nc4c3F)c12. The molecule has 54 heavy (non-hydrogen) atoms. The van der Waals surface area contributed by atoms with E-state index in [0.29, 0.717) is 47.1 Å². The second-order valence-corrected chi connectivity index (χ2v) is 16.2. The fourth-order valence-electron chi connectivity index (χ4n) is 9.64. The number of hydrogen-bond donors (Lipinski definition) is 3. The maximum Gasteiger partial charge on any atom is 0.319 e. The number of benzene rings is 2. The third-order valence-electron chi connectivity index (χ3n) is 12.2. The van der Waals surface area contributed by atoms with Gasteiger partial charge in [0.25, 0.3) is 0 Å².